The van der Waals surface area contributed by atoms with E-state index in [2.05, 4.69) is 5.32 Å². The van der Waals surface area contributed by atoms with Gasteiger partial charge < -0.3 is 10.6 Å². The van der Waals surface area contributed by atoms with Gasteiger partial charge in [-0.1, -0.05) is 29.3 Å². The van der Waals surface area contributed by atoms with Crippen LogP contribution >= 0.6 is 23.2 Å². The second-order valence-corrected chi connectivity index (χ2v) is 6.36. The molecule has 0 unspecified atom stereocenters. The van der Waals surface area contributed by atoms with E-state index in [0.717, 1.165) is 5.56 Å². The summed E-state index contributed by atoms with van der Waals surface area (Å²) in [7, 11) is 0. The molecule has 0 spiro atoms. The first kappa shape index (κ1) is 18.6. The summed E-state index contributed by atoms with van der Waals surface area (Å²) in [6, 6.07) is 6.89. The number of nitrogens with two attached hydrogens (primary N) is 1. The SMILES string of the molecule is Cc1ccc(NC(=O)C[NH2+][C@@H](C)c2cc(F)c(Cl)cc2Cl)c(F)c1. The van der Waals surface area contributed by atoms with Crippen LogP contribution in [-0.4, -0.2) is 12.5 Å². The maximum Gasteiger partial charge on any atom is 0.279 e. The molecule has 2 aromatic carbocycles. The molecule has 1 atom stereocenters. The second kappa shape index (κ2) is 7.92. The average molecular weight is 374 g/mol. The maximum absolute atomic E-state index is 13.7. The zero-order chi connectivity index (χ0) is 17.9. The predicted molar refractivity (Wildman–Crippen MR) is 91.4 cm³/mol. The molecule has 0 aliphatic rings. The van der Waals surface area contributed by atoms with Gasteiger partial charge in [-0.15, -0.1) is 0 Å². The molecule has 1 amide bonds. The summed E-state index contributed by atoms with van der Waals surface area (Å²) in [6.45, 7) is 3.59. The number of hydrogen-bond acceptors (Lipinski definition) is 1. The Hall–Kier alpha value is -1.69. The van der Waals surface area contributed by atoms with Gasteiger partial charge >= 0.3 is 0 Å². The first-order chi connectivity index (χ1) is 11.3. The van der Waals surface area contributed by atoms with Gasteiger partial charge in [0.05, 0.1) is 15.7 Å². The molecule has 128 valence electrons. The quantitative estimate of drug-likeness (QED) is 0.768. The fourth-order valence-corrected chi connectivity index (χ4v) is 2.78. The number of nitrogens with one attached hydrogen (secondary N) is 1. The summed E-state index contributed by atoms with van der Waals surface area (Å²) in [5.74, 6) is -1.42. The van der Waals surface area contributed by atoms with Crippen molar-refractivity contribution in [3.05, 3.63) is 63.1 Å². The summed E-state index contributed by atoms with van der Waals surface area (Å²) < 4.78 is 27.3. The molecule has 0 aliphatic heterocycles. The minimum Gasteiger partial charge on any atom is -0.332 e. The molecule has 0 aromatic heterocycles. The second-order valence-electron chi connectivity index (χ2n) is 5.55. The molecule has 0 heterocycles. The van der Waals surface area contributed by atoms with Crippen LogP contribution in [0.3, 0.4) is 0 Å². The first-order valence-electron chi connectivity index (χ1n) is 7.31. The van der Waals surface area contributed by atoms with Gasteiger partial charge in [0.15, 0.2) is 6.54 Å². The Bertz CT molecular complexity index is 768. The number of halogens is 4. The zero-order valence-electron chi connectivity index (χ0n) is 13.2. The van der Waals surface area contributed by atoms with Crippen molar-refractivity contribution in [2.24, 2.45) is 0 Å². The molecule has 0 bridgehead atoms. The number of anilines is 1. The highest BCUT2D eigenvalue weighted by molar-refractivity contribution is 6.35. The van der Waals surface area contributed by atoms with Crippen LogP contribution in [0.2, 0.25) is 10.0 Å². The Labute approximate surface area is 149 Å². The molecular weight excluding hydrogens is 357 g/mol. The number of quaternary nitrogens is 1. The highest BCUT2D eigenvalue weighted by Gasteiger charge is 2.17. The number of benzene rings is 2. The average Bonchev–Trinajstić information content (AvgIpc) is 2.51. The van der Waals surface area contributed by atoms with Gasteiger partial charge in [-0.2, -0.15) is 0 Å². The normalized spacial score (nSPS) is 12.1. The Balaban J connectivity index is 1.97. The smallest absolute Gasteiger partial charge is 0.279 e. The topological polar surface area (TPSA) is 45.7 Å². The fraction of sp³-hybridized carbons (Fsp3) is 0.235. The van der Waals surface area contributed by atoms with E-state index in [1.807, 2.05) is 0 Å². The van der Waals surface area contributed by atoms with Crippen molar-refractivity contribution in [3.63, 3.8) is 0 Å². The van der Waals surface area contributed by atoms with Crippen LogP contribution in [0.15, 0.2) is 30.3 Å². The number of carbonyl (C=O) groups is 1. The minimum atomic E-state index is -0.567. The number of aryl methyl sites for hydroxylation is 1. The van der Waals surface area contributed by atoms with Gasteiger partial charge in [-0.3, -0.25) is 4.79 Å². The molecule has 24 heavy (non-hydrogen) atoms. The predicted octanol–water partition coefficient (Wildman–Crippen LogP) is 3.84. The Morgan fingerprint density at radius 2 is 1.88 bits per heavy atom. The lowest BCUT2D eigenvalue weighted by atomic mass is 10.1. The fourth-order valence-electron chi connectivity index (χ4n) is 2.22. The molecule has 0 aliphatic carbocycles. The number of hydrogen-bond donors (Lipinski definition) is 2. The summed E-state index contributed by atoms with van der Waals surface area (Å²) in [5, 5.41) is 4.46. The lowest BCUT2D eigenvalue weighted by Crippen LogP contribution is -2.86. The van der Waals surface area contributed by atoms with Crippen LogP contribution in [0.1, 0.15) is 24.1 Å². The zero-order valence-corrected chi connectivity index (χ0v) is 14.7. The van der Waals surface area contributed by atoms with Crippen LogP contribution in [0.25, 0.3) is 0 Å². The third-order valence-electron chi connectivity index (χ3n) is 3.59. The van der Waals surface area contributed by atoms with Crippen molar-refractivity contribution in [2.75, 3.05) is 11.9 Å². The van der Waals surface area contributed by atoms with E-state index in [4.69, 9.17) is 23.2 Å². The highest BCUT2D eigenvalue weighted by Crippen LogP contribution is 2.27. The Morgan fingerprint density at radius 3 is 2.54 bits per heavy atom. The van der Waals surface area contributed by atoms with E-state index < -0.39 is 11.6 Å². The number of rotatable bonds is 5. The molecule has 3 nitrogen and oxygen atoms in total. The molecule has 2 rings (SSSR count). The van der Waals surface area contributed by atoms with Gasteiger partial charge in [0, 0.05) is 5.56 Å². The minimum absolute atomic E-state index is 0.0368. The van der Waals surface area contributed by atoms with Crippen LogP contribution in [0, 0.1) is 18.6 Å². The maximum atomic E-state index is 13.7. The summed E-state index contributed by atoms with van der Waals surface area (Å²) in [6.07, 6.45) is 0. The van der Waals surface area contributed by atoms with Gasteiger partial charge in [0.2, 0.25) is 0 Å². The molecule has 0 radical (unpaired) electrons. The van der Waals surface area contributed by atoms with E-state index in [1.165, 1.54) is 24.3 Å². The van der Waals surface area contributed by atoms with Crippen LogP contribution in [0.4, 0.5) is 14.5 Å². The summed E-state index contributed by atoms with van der Waals surface area (Å²) in [5.41, 5.74) is 1.43. The van der Waals surface area contributed by atoms with Crippen molar-refractivity contribution in [1.29, 1.82) is 0 Å². The molecule has 0 fully saturated rings. The lowest BCUT2D eigenvalue weighted by Gasteiger charge is -2.13. The monoisotopic (exact) mass is 373 g/mol. The van der Waals surface area contributed by atoms with E-state index in [1.54, 1.807) is 25.2 Å². The van der Waals surface area contributed by atoms with Crippen LogP contribution in [0.5, 0.6) is 0 Å². The molecular formula is C17H17Cl2F2N2O+. The van der Waals surface area contributed by atoms with E-state index in [0.29, 0.717) is 10.6 Å². The highest BCUT2D eigenvalue weighted by atomic mass is 35.5. The molecule has 3 N–H and O–H groups in total. The van der Waals surface area contributed by atoms with Gasteiger partial charge in [0.25, 0.3) is 5.91 Å². The Kier molecular flexibility index (Phi) is 6.15. The Morgan fingerprint density at radius 1 is 1.17 bits per heavy atom. The number of amides is 1. The number of carbonyl (C=O) groups excluding carboxylic acids is 1. The van der Waals surface area contributed by atoms with Crippen molar-refractivity contribution in [1.82, 2.24) is 0 Å². The third kappa shape index (κ3) is 4.66. The van der Waals surface area contributed by atoms with E-state index >= 15 is 0 Å². The van der Waals surface area contributed by atoms with E-state index in [9.17, 15) is 13.6 Å². The molecule has 0 saturated heterocycles. The molecule has 7 heteroatoms. The van der Waals surface area contributed by atoms with E-state index in [-0.39, 0.29) is 29.2 Å². The van der Waals surface area contributed by atoms with Gasteiger partial charge in [-0.05, 0) is 43.7 Å². The van der Waals surface area contributed by atoms with Gasteiger partial charge in [0.1, 0.15) is 17.7 Å². The summed E-state index contributed by atoms with van der Waals surface area (Å²) >= 11 is 11.7. The van der Waals surface area contributed by atoms with Crippen molar-refractivity contribution in [2.45, 2.75) is 19.9 Å². The molecule has 0 saturated carbocycles. The van der Waals surface area contributed by atoms with Crippen molar-refractivity contribution < 1.29 is 18.9 Å². The van der Waals surface area contributed by atoms with Gasteiger partial charge in [-0.25, -0.2) is 8.78 Å². The third-order valence-corrected chi connectivity index (χ3v) is 4.20. The summed E-state index contributed by atoms with van der Waals surface area (Å²) in [4.78, 5) is 12.0. The lowest BCUT2D eigenvalue weighted by molar-refractivity contribution is -0.682. The first-order valence-corrected chi connectivity index (χ1v) is 8.07. The molecule has 2 aromatic rings. The largest absolute Gasteiger partial charge is 0.332 e. The van der Waals surface area contributed by atoms with Crippen LogP contribution in [-0.2, 0) is 4.79 Å². The van der Waals surface area contributed by atoms with Crippen molar-refractivity contribution >= 4 is 34.8 Å². The standard InChI is InChI=1S/C17H16Cl2F2N2O/c1-9-3-4-16(15(21)5-9)23-17(24)8-22-10(2)11-6-14(20)13(19)7-12(11)18/h3-7,10,22H,8H2,1-2H3,(H,23,24)/p+1/t10-/m0/s1. The van der Waals surface area contributed by atoms with Crippen LogP contribution < -0.4 is 10.6 Å². The van der Waals surface area contributed by atoms with Crippen molar-refractivity contribution in [3.8, 4) is 0 Å².